The van der Waals surface area contributed by atoms with E-state index in [-0.39, 0.29) is 15.8 Å². The second-order valence-corrected chi connectivity index (χ2v) is 4.28. The Labute approximate surface area is 93.1 Å². The van der Waals surface area contributed by atoms with Crippen molar-refractivity contribution in [1.29, 1.82) is 5.26 Å². The Morgan fingerprint density at radius 3 is 2.86 bits per heavy atom. The van der Waals surface area contributed by atoms with Crippen molar-refractivity contribution in [3.05, 3.63) is 21.1 Å². The Bertz CT molecular complexity index is 558. The van der Waals surface area contributed by atoms with E-state index in [2.05, 4.69) is 4.98 Å². The lowest BCUT2D eigenvalue weighted by molar-refractivity contribution is 0.477. The number of hydrogen-bond donors (Lipinski definition) is 1. The molecule has 3 nitrogen and oxygen atoms in total. The molecule has 2 aromatic rings. The summed E-state index contributed by atoms with van der Waals surface area (Å²) >= 11 is 12.6. The van der Waals surface area contributed by atoms with Crippen LogP contribution in [-0.2, 0) is 0 Å². The second kappa shape index (κ2) is 3.28. The number of thiazole rings is 1. The molecule has 0 amide bonds. The molecule has 1 aromatic heterocycles. The lowest BCUT2D eigenvalue weighted by atomic mass is 10.3. The van der Waals surface area contributed by atoms with Gasteiger partial charge in [0.15, 0.2) is 10.8 Å². The number of nitrogens with zero attached hydrogens (tertiary/aromatic N) is 2. The van der Waals surface area contributed by atoms with Crippen molar-refractivity contribution >= 4 is 44.8 Å². The van der Waals surface area contributed by atoms with E-state index in [1.165, 1.54) is 6.07 Å². The fourth-order valence-electron chi connectivity index (χ4n) is 1.04. The van der Waals surface area contributed by atoms with Crippen LogP contribution >= 0.6 is 34.5 Å². The minimum absolute atomic E-state index is 0.136. The molecule has 0 aliphatic rings. The molecule has 1 N–H and O–H groups in total. The van der Waals surface area contributed by atoms with Gasteiger partial charge in [-0.05, 0) is 6.07 Å². The van der Waals surface area contributed by atoms with Crippen LogP contribution in [0.2, 0.25) is 10.0 Å². The number of halogens is 2. The average molecular weight is 245 g/mol. The van der Waals surface area contributed by atoms with E-state index in [9.17, 15) is 5.11 Å². The molecular weight excluding hydrogens is 243 g/mol. The minimum Gasteiger partial charge on any atom is -0.505 e. The van der Waals surface area contributed by atoms with Crippen molar-refractivity contribution in [3.8, 4) is 11.8 Å². The van der Waals surface area contributed by atoms with E-state index in [4.69, 9.17) is 28.5 Å². The number of aromatic nitrogens is 1. The summed E-state index contributed by atoms with van der Waals surface area (Å²) in [6, 6.07) is 3.39. The van der Waals surface area contributed by atoms with E-state index in [0.717, 1.165) is 11.3 Å². The summed E-state index contributed by atoms with van der Waals surface area (Å²) in [5, 5.41) is 18.6. The van der Waals surface area contributed by atoms with Crippen LogP contribution in [0.15, 0.2) is 6.07 Å². The molecular formula is C8H2Cl2N2OS. The lowest BCUT2D eigenvalue weighted by Gasteiger charge is -1.98. The molecule has 1 heterocycles. The maximum atomic E-state index is 9.42. The fourth-order valence-corrected chi connectivity index (χ4v) is 2.37. The number of aromatic hydroxyl groups is 1. The molecule has 2 rings (SSSR count). The van der Waals surface area contributed by atoms with Gasteiger partial charge in [0.25, 0.3) is 0 Å². The quantitative estimate of drug-likeness (QED) is 0.775. The van der Waals surface area contributed by atoms with Crippen LogP contribution in [-0.4, -0.2) is 10.1 Å². The van der Waals surface area contributed by atoms with Gasteiger partial charge in [-0.15, -0.1) is 11.3 Å². The molecule has 0 atom stereocenters. The maximum Gasteiger partial charge on any atom is 0.195 e. The molecule has 0 bridgehead atoms. The largest absolute Gasteiger partial charge is 0.505 e. The van der Waals surface area contributed by atoms with Gasteiger partial charge in [-0.1, -0.05) is 23.2 Å². The van der Waals surface area contributed by atoms with Gasteiger partial charge in [0, 0.05) is 0 Å². The van der Waals surface area contributed by atoms with Gasteiger partial charge in [-0.25, -0.2) is 4.98 Å². The summed E-state index contributed by atoms with van der Waals surface area (Å²) in [4.78, 5) is 3.97. The molecule has 70 valence electrons. The predicted molar refractivity (Wildman–Crippen MR) is 56.0 cm³/mol. The van der Waals surface area contributed by atoms with E-state index in [1.807, 2.05) is 6.07 Å². The number of phenolic OH excluding ortho intramolecular Hbond substituents is 1. The zero-order valence-corrected chi connectivity index (χ0v) is 8.91. The SMILES string of the molecule is N#Cc1nc2cc(Cl)c(O)c(Cl)c2s1. The van der Waals surface area contributed by atoms with Crippen molar-refractivity contribution in [1.82, 2.24) is 4.98 Å². The molecule has 0 fully saturated rings. The van der Waals surface area contributed by atoms with Gasteiger partial charge in [-0.3, -0.25) is 0 Å². The zero-order valence-electron chi connectivity index (χ0n) is 6.58. The van der Waals surface area contributed by atoms with E-state index < -0.39 is 0 Å². The zero-order chi connectivity index (χ0) is 10.3. The highest BCUT2D eigenvalue weighted by atomic mass is 35.5. The molecule has 1 aromatic carbocycles. The Hall–Kier alpha value is -1.02. The van der Waals surface area contributed by atoms with Crippen LogP contribution < -0.4 is 0 Å². The number of hydrogen-bond acceptors (Lipinski definition) is 4. The summed E-state index contributed by atoms with van der Waals surface area (Å²) in [6.45, 7) is 0. The Morgan fingerprint density at radius 1 is 1.50 bits per heavy atom. The first-order valence-electron chi connectivity index (χ1n) is 3.51. The third kappa shape index (κ3) is 1.30. The first-order valence-corrected chi connectivity index (χ1v) is 5.08. The standard InChI is InChI=1S/C8H2Cl2N2OS/c9-3-1-4-8(6(10)7(3)13)14-5(2-11)12-4/h1,13H. The third-order valence-electron chi connectivity index (χ3n) is 1.65. The number of fused-ring (bicyclic) bond motifs is 1. The van der Waals surface area contributed by atoms with Gasteiger partial charge >= 0.3 is 0 Å². The summed E-state index contributed by atoms with van der Waals surface area (Å²) in [5.41, 5.74) is 0.527. The van der Waals surface area contributed by atoms with Crippen LogP contribution in [0, 0.1) is 11.3 Å². The summed E-state index contributed by atoms with van der Waals surface area (Å²) < 4.78 is 0.574. The third-order valence-corrected chi connectivity index (χ3v) is 3.41. The molecule has 0 aliphatic carbocycles. The summed E-state index contributed by atoms with van der Waals surface area (Å²) in [7, 11) is 0. The van der Waals surface area contributed by atoms with Crippen LogP contribution in [0.1, 0.15) is 5.01 Å². The van der Waals surface area contributed by atoms with Gasteiger partial charge in [0.05, 0.1) is 15.2 Å². The number of phenols is 1. The van der Waals surface area contributed by atoms with Gasteiger partial charge in [0.1, 0.15) is 11.1 Å². The molecule has 0 radical (unpaired) electrons. The Morgan fingerprint density at radius 2 is 2.21 bits per heavy atom. The topological polar surface area (TPSA) is 56.9 Å². The molecule has 0 saturated heterocycles. The van der Waals surface area contributed by atoms with E-state index >= 15 is 0 Å². The lowest BCUT2D eigenvalue weighted by Crippen LogP contribution is -1.74. The predicted octanol–water partition coefficient (Wildman–Crippen LogP) is 3.18. The smallest absolute Gasteiger partial charge is 0.195 e. The Balaban J connectivity index is 2.89. The van der Waals surface area contributed by atoms with Crippen LogP contribution in [0.25, 0.3) is 10.2 Å². The molecule has 0 spiro atoms. The number of nitriles is 1. The van der Waals surface area contributed by atoms with Crippen molar-refractivity contribution < 1.29 is 5.11 Å². The maximum absolute atomic E-state index is 9.42. The van der Waals surface area contributed by atoms with Gasteiger partial charge < -0.3 is 5.11 Å². The summed E-state index contributed by atoms with van der Waals surface area (Å²) in [5.74, 6) is -0.172. The highest BCUT2D eigenvalue weighted by Crippen LogP contribution is 2.40. The first kappa shape index (κ1) is 9.53. The highest BCUT2D eigenvalue weighted by Gasteiger charge is 2.13. The molecule has 0 aliphatic heterocycles. The number of rotatable bonds is 0. The Kier molecular flexibility index (Phi) is 2.23. The van der Waals surface area contributed by atoms with Crippen molar-refractivity contribution in [2.45, 2.75) is 0 Å². The molecule has 14 heavy (non-hydrogen) atoms. The van der Waals surface area contributed by atoms with Crippen molar-refractivity contribution in [3.63, 3.8) is 0 Å². The average Bonchev–Trinajstić information content (AvgIpc) is 2.57. The van der Waals surface area contributed by atoms with E-state index in [1.54, 1.807) is 0 Å². The second-order valence-electron chi connectivity index (χ2n) is 2.50. The molecule has 6 heteroatoms. The monoisotopic (exact) mass is 244 g/mol. The molecule has 0 saturated carbocycles. The minimum atomic E-state index is -0.172. The van der Waals surface area contributed by atoms with Crippen molar-refractivity contribution in [2.24, 2.45) is 0 Å². The summed E-state index contributed by atoms with van der Waals surface area (Å²) in [6.07, 6.45) is 0. The number of benzene rings is 1. The van der Waals surface area contributed by atoms with Crippen molar-refractivity contribution in [2.75, 3.05) is 0 Å². The highest BCUT2D eigenvalue weighted by molar-refractivity contribution is 7.19. The molecule has 0 unspecified atom stereocenters. The van der Waals surface area contributed by atoms with Crippen LogP contribution in [0.4, 0.5) is 0 Å². The van der Waals surface area contributed by atoms with Crippen LogP contribution in [0.5, 0.6) is 5.75 Å². The normalized spacial score (nSPS) is 10.4. The van der Waals surface area contributed by atoms with Crippen LogP contribution in [0.3, 0.4) is 0 Å². The fraction of sp³-hybridized carbons (Fsp3) is 0. The van der Waals surface area contributed by atoms with E-state index in [0.29, 0.717) is 15.2 Å². The first-order chi connectivity index (χ1) is 6.63. The van der Waals surface area contributed by atoms with Gasteiger partial charge in [0.2, 0.25) is 0 Å². The van der Waals surface area contributed by atoms with Gasteiger partial charge in [-0.2, -0.15) is 5.26 Å².